The molecule has 2 heterocycles. The highest BCUT2D eigenvalue weighted by atomic mass is 14.9. The summed E-state index contributed by atoms with van der Waals surface area (Å²) < 4.78 is 0. The Morgan fingerprint density at radius 2 is 0.839 bits per heavy atom. The van der Waals surface area contributed by atoms with Crippen molar-refractivity contribution >= 4 is 54.1 Å². The molecule has 0 radical (unpaired) electrons. The van der Waals surface area contributed by atoms with Gasteiger partial charge in [-0.3, -0.25) is 0 Å². The molecular weight excluding hydrogens is 679 g/mol. The van der Waals surface area contributed by atoms with Gasteiger partial charge in [0.1, 0.15) is 0 Å². The van der Waals surface area contributed by atoms with Crippen molar-refractivity contribution in [2.75, 3.05) is 0 Å². The summed E-state index contributed by atoms with van der Waals surface area (Å²) in [6, 6.07) is 71.1. The lowest BCUT2D eigenvalue weighted by Crippen LogP contribution is -1.95. The van der Waals surface area contributed by atoms with Crippen LogP contribution in [0.4, 0.5) is 0 Å². The quantitative estimate of drug-likeness (QED) is 0.167. The molecular formula is C53H33N3. The Balaban J connectivity index is 1.08. The highest BCUT2D eigenvalue weighted by Gasteiger charge is 2.18. The number of hydrogen-bond acceptors (Lipinski definition) is 3. The van der Waals surface area contributed by atoms with E-state index in [9.17, 15) is 0 Å². The molecule has 9 aromatic carbocycles. The molecule has 0 saturated heterocycles. The molecule has 0 N–H and O–H groups in total. The van der Waals surface area contributed by atoms with E-state index in [1.54, 1.807) is 0 Å². The number of rotatable bonds is 5. The van der Waals surface area contributed by atoms with Crippen LogP contribution in [0, 0.1) is 0 Å². The van der Waals surface area contributed by atoms with Gasteiger partial charge in [0.15, 0.2) is 5.82 Å². The number of hydrogen-bond donors (Lipinski definition) is 0. The van der Waals surface area contributed by atoms with Gasteiger partial charge in [-0.2, -0.15) is 0 Å². The molecule has 0 aliphatic carbocycles. The third kappa shape index (κ3) is 5.40. The van der Waals surface area contributed by atoms with Gasteiger partial charge in [-0.15, -0.1) is 0 Å². The highest BCUT2D eigenvalue weighted by molar-refractivity contribution is 6.25. The largest absolute Gasteiger partial charge is 0.247 e. The van der Waals surface area contributed by atoms with Crippen LogP contribution in [-0.4, -0.2) is 15.0 Å². The van der Waals surface area contributed by atoms with Crippen LogP contribution in [-0.2, 0) is 0 Å². The second-order valence-electron chi connectivity index (χ2n) is 14.4. The predicted molar refractivity (Wildman–Crippen MR) is 235 cm³/mol. The summed E-state index contributed by atoms with van der Waals surface area (Å²) in [5.41, 5.74) is 11.6. The normalized spacial score (nSPS) is 11.6. The molecule has 0 aliphatic heterocycles. The van der Waals surface area contributed by atoms with Crippen molar-refractivity contribution in [2.45, 2.75) is 0 Å². The lowest BCUT2D eigenvalue weighted by atomic mass is 9.89. The minimum absolute atomic E-state index is 0.710. The van der Waals surface area contributed by atoms with Crippen molar-refractivity contribution in [3.8, 4) is 56.2 Å². The molecule has 11 rings (SSSR count). The van der Waals surface area contributed by atoms with Gasteiger partial charge in [-0.25, -0.2) is 15.0 Å². The van der Waals surface area contributed by atoms with Gasteiger partial charge >= 0.3 is 0 Å². The topological polar surface area (TPSA) is 38.7 Å². The standard InChI is InChI=1S/C53H33N3/c1-2-15-35(16-3-1)51-45-25-9-11-27-49(45)55-53(56-51)41-21-13-19-38(32-41)37-18-12-20-39(30-37)46-33-47-50(43-23-7-6-22-42(43)46)44-24-8-10-26-48(44)54-52(47)40-29-28-34-14-4-5-17-36(34)31-40/h1-33H. The summed E-state index contributed by atoms with van der Waals surface area (Å²) in [7, 11) is 0. The van der Waals surface area contributed by atoms with Crippen molar-refractivity contribution in [1.82, 2.24) is 15.0 Å². The first-order valence-electron chi connectivity index (χ1n) is 19.0. The van der Waals surface area contributed by atoms with Gasteiger partial charge in [0, 0.05) is 38.2 Å². The first kappa shape index (κ1) is 32.0. The third-order valence-corrected chi connectivity index (χ3v) is 11.0. The molecule has 0 aliphatic rings. The minimum atomic E-state index is 0.710. The number of pyridine rings is 1. The summed E-state index contributed by atoms with van der Waals surface area (Å²) in [5.74, 6) is 0.710. The summed E-state index contributed by atoms with van der Waals surface area (Å²) in [5, 5.41) is 9.43. The summed E-state index contributed by atoms with van der Waals surface area (Å²) in [6.45, 7) is 0. The molecule has 0 bridgehead atoms. The van der Waals surface area contributed by atoms with Gasteiger partial charge in [-0.1, -0.05) is 164 Å². The molecule has 0 saturated carbocycles. The van der Waals surface area contributed by atoms with Gasteiger partial charge in [-0.05, 0) is 80.2 Å². The fraction of sp³-hybridized carbons (Fsp3) is 0. The van der Waals surface area contributed by atoms with E-state index in [1.165, 1.54) is 32.5 Å². The lowest BCUT2D eigenvalue weighted by Gasteiger charge is -2.17. The number of nitrogens with zero attached hydrogens (tertiary/aromatic N) is 3. The van der Waals surface area contributed by atoms with E-state index in [0.29, 0.717) is 5.82 Å². The zero-order valence-corrected chi connectivity index (χ0v) is 30.4. The van der Waals surface area contributed by atoms with Crippen molar-refractivity contribution in [3.05, 3.63) is 200 Å². The fourth-order valence-corrected chi connectivity index (χ4v) is 8.34. The number of para-hydroxylation sites is 2. The van der Waals surface area contributed by atoms with E-state index in [1.807, 2.05) is 18.2 Å². The Labute approximate surface area is 324 Å². The van der Waals surface area contributed by atoms with Crippen molar-refractivity contribution < 1.29 is 0 Å². The van der Waals surface area contributed by atoms with E-state index in [0.717, 1.165) is 72.0 Å². The van der Waals surface area contributed by atoms with E-state index in [2.05, 4.69) is 182 Å². The molecule has 2 aromatic heterocycles. The van der Waals surface area contributed by atoms with E-state index in [4.69, 9.17) is 15.0 Å². The average Bonchev–Trinajstić information content (AvgIpc) is 3.28. The van der Waals surface area contributed by atoms with Crippen LogP contribution >= 0.6 is 0 Å². The molecule has 56 heavy (non-hydrogen) atoms. The number of fused-ring (bicyclic) bond motifs is 7. The molecule has 3 heteroatoms. The number of benzene rings is 9. The summed E-state index contributed by atoms with van der Waals surface area (Å²) in [6.07, 6.45) is 0. The molecule has 11 aromatic rings. The Morgan fingerprint density at radius 1 is 0.268 bits per heavy atom. The van der Waals surface area contributed by atoms with Crippen LogP contribution in [0.5, 0.6) is 0 Å². The zero-order chi connectivity index (χ0) is 37.0. The molecule has 0 unspecified atom stereocenters. The van der Waals surface area contributed by atoms with Crippen molar-refractivity contribution in [2.24, 2.45) is 0 Å². The molecule has 3 nitrogen and oxygen atoms in total. The summed E-state index contributed by atoms with van der Waals surface area (Å²) in [4.78, 5) is 15.6. The van der Waals surface area contributed by atoms with Crippen LogP contribution in [0.25, 0.3) is 110 Å². The molecule has 0 fully saturated rings. The maximum Gasteiger partial charge on any atom is 0.160 e. The van der Waals surface area contributed by atoms with Crippen LogP contribution < -0.4 is 0 Å². The van der Waals surface area contributed by atoms with Crippen molar-refractivity contribution in [3.63, 3.8) is 0 Å². The second-order valence-corrected chi connectivity index (χ2v) is 14.4. The second kappa shape index (κ2) is 13.1. The maximum absolute atomic E-state index is 5.36. The van der Waals surface area contributed by atoms with E-state index < -0.39 is 0 Å². The highest BCUT2D eigenvalue weighted by Crippen LogP contribution is 2.43. The predicted octanol–water partition coefficient (Wildman–Crippen LogP) is 14.0. The van der Waals surface area contributed by atoms with Gasteiger partial charge in [0.2, 0.25) is 0 Å². The first-order valence-corrected chi connectivity index (χ1v) is 19.0. The smallest absolute Gasteiger partial charge is 0.160 e. The Morgan fingerprint density at radius 3 is 1.64 bits per heavy atom. The van der Waals surface area contributed by atoms with Crippen LogP contribution in [0.3, 0.4) is 0 Å². The first-order chi connectivity index (χ1) is 27.7. The van der Waals surface area contributed by atoms with E-state index in [-0.39, 0.29) is 0 Å². The van der Waals surface area contributed by atoms with Crippen LogP contribution in [0.15, 0.2) is 200 Å². The molecule has 0 spiro atoms. The Hall–Kier alpha value is -7.49. The lowest BCUT2D eigenvalue weighted by molar-refractivity contribution is 1.23. The monoisotopic (exact) mass is 711 g/mol. The molecule has 260 valence electrons. The molecule has 0 atom stereocenters. The van der Waals surface area contributed by atoms with E-state index >= 15 is 0 Å². The van der Waals surface area contributed by atoms with Crippen LogP contribution in [0.1, 0.15) is 0 Å². The summed E-state index contributed by atoms with van der Waals surface area (Å²) >= 11 is 0. The minimum Gasteiger partial charge on any atom is -0.247 e. The Bertz CT molecular complexity index is 3310. The average molecular weight is 712 g/mol. The van der Waals surface area contributed by atoms with Crippen LogP contribution in [0.2, 0.25) is 0 Å². The van der Waals surface area contributed by atoms with Crippen molar-refractivity contribution in [1.29, 1.82) is 0 Å². The number of aromatic nitrogens is 3. The van der Waals surface area contributed by atoms with Gasteiger partial charge in [0.25, 0.3) is 0 Å². The van der Waals surface area contributed by atoms with Gasteiger partial charge in [0.05, 0.1) is 22.4 Å². The molecule has 0 amide bonds. The maximum atomic E-state index is 5.36. The zero-order valence-electron chi connectivity index (χ0n) is 30.4. The fourth-order valence-electron chi connectivity index (χ4n) is 8.34. The third-order valence-electron chi connectivity index (χ3n) is 11.0. The SMILES string of the molecule is c1ccc(-c2nc(-c3cccc(-c4cccc(-c5cc6c(-c7ccc8ccccc8c7)nc7ccccc7c6c6ccccc56)c4)c3)nc3ccccc23)cc1. The van der Waals surface area contributed by atoms with Gasteiger partial charge < -0.3 is 0 Å². The Kier molecular flexibility index (Phi) is 7.49.